The van der Waals surface area contributed by atoms with Gasteiger partial charge in [0.1, 0.15) is 0 Å². The van der Waals surface area contributed by atoms with Gasteiger partial charge in [-0.05, 0) is 50.6 Å². The van der Waals surface area contributed by atoms with Gasteiger partial charge in [0.2, 0.25) is 0 Å². The average molecular weight is 326 g/mol. The van der Waals surface area contributed by atoms with Gasteiger partial charge in [0.25, 0.3) is 0 Å². The van der Waals surface area contributed by atoms with Gasteiger partial charge in [-0.25, -0.2) is 0 Å². The second-order valence-corrected chi connectivity index (χ2v) is 6.34. The van der Waals surface area contributed by atoms with Crippen LogP contribution in [0.5, 0.6) is 0 Å². The Bertz CT molecular complexity index is 412. The first-order chi connectivity index (χ1) is 9.11. The molecule has 0 saturated carbocycles. The maximum Gasteiger partial charge on any atom is 0.0400 e. The Hall–Kier alpha value is -0.580. The first kappa shape index (κ1) is 14.8. The zero-order valence-corrected chi connectivity index (χ0v) is 13.5. The highest BCUT2D eigenvalue weighted by molar-refractivity contribution is 9.10. The summed E-state index contributed by atoms with van der Waals surface area (Å²) in [4.78, 5) is 5.04. The van der Waals surface area contributed by atoms with Crippen LogP contribution in [-0.2, 0) is 6.42 Å². The number of hydrogen-bond donors (Lipinski definition) is 1. The Kier molecular flexibility index (Phi) is 5.25. The fraction of sp³-hybridized carbons (Fsp3) is 0.600. The van der Waals surface area contributed by atoms with Crippen molar-refractivity contribution in [1.29, 1.82) is 0 Å². The summed E-state index contributed by atoms with van der Waals surface area (Å²) < 4.78 is 1.14. The van der Waals surface area contributed by atoms with E-state index < -0.39 is 0 Å². The van der Waals surface area contributed by atoms with Gasteiger partial charge >= 0.3 is 0 Å². The molecule has 1 heterocycles. The molecule has 0 amide bonds. The first-order valence-electron chi connectivity index (χ1n) is 7.09. The van der Waals surface area contributed by atoms with Gasteiger partial charge in [0.15, 0.2) is 0 Å². The summed E-state index contributed by atoms with van der Waals surface area (Å²) in [5.41, 5.74) is 8.44. The molecule has 0 bridgehead atoms. The van der Waals surface area contributed by atoms with Gasteiger partial charge in [-0.3, -0.25) is 4.90 Å². The van der Waals surface area contributed by atoms with E-state index in [1.54, 1.807) is 0 Å². The van der Waals surface area contributed by atoms with E-state index in [1.165, 1.54) is 11.3 Å². The minimum atomic E-state index is 0.649. The van der Waals surface area contributed by atoms with Gasteiger partial charge in [0, 0.05) is 42.4 Å². The normalized spacial score (nSPS) is 17.2. The van der Waals surface area contributed by atoms with E-state index in [1.807, 2.05) is 0 Å². The molecule has 0 spiro atoms. The Balaban J connectivity index is 2.10. The first-order valence-corrected chi connectivity index (χ1v) is 7.88. The van der Waals surface area contributed by atoms with Crippen molar-refractivity contribution in [3.05, 3.63) is 28.2 Å². The molecule has 0 radical (unpaired) electrons. The van der Waals surface area contributed by atoms with Crippen LogP contribution in [0.4, 0.5) is 5.69 Å². The van der Waals surface area contributed by atoms with E-state index in [2.05, 4.69) is 57.8 Å². The van der Waals surface area contributed by atoms with E-state index in [4.69, 9.17) is 5.73 Å². The summed E-state index contributed by atoms with van der Waals surface area (Å²) in [6, 6.07) is 7.21. The minimum absolute atomic E-state index is 0.649. The van der Waals surface area contributed by atoms with Crippen molar-refractivity contribution in [2.24, 2.45) is 5.73 Å². The average Bonchev–Trinajstić information content (AvgIpc) is 2.39. The third-order valence-electron chi connectivity index (χ3n) is 3.84. The van der Waals surface area contributed by atoms with Crippen molar-refractivity contribution < 1.29 is 0 Å². The summed E-state index contributed by atoms with van der Waals surface area (Å²) in [6.45, 7) is 9.76. The molecular formula is C15H24BrN3. The molecule has 0 unspecified atom stereocenters. The van der Waals surface area contributed by atoms with Crippen LogP contribution in [0, 0.1) is 0 Å². The van der Waals surface area contributed by atoms with E-state index in [-0.39, 0.29) is 0 Å². The van der Waals surface area contributed by atoms with Crippen molar-refractivity contribution in [1.82, 2.24) is 4.90 Å². The molecule has 0 atom stereocenters. The maximum absolute atomic E-state index is 5.73. The molecule has 1 fully saturated rings. The molecular weight excluding hydrogens is 302 g/mol. The highest BCUT2D eigenvalue weighted by Gasteiger charge is 2.20. The Morgan fingerprint density at radius 3 is 2.47 bits per heavy atom. The molecule has 2 N–H and O–H groups in total. The van der Waals surface area contributed by atoms with Crippen LogP contribution in [0.2, 0.25) is 0 Å². The molecule has 4 heteroatoms. The highest BCUT2D eigenvalue weighted by atomic mass is 79.9. The topological polar surface area (TPSA) is 32.5 Å². The number of nitrogens with two attached hydrogens (primary N) is 1. The molecule has 19 heavy (non-hydrogen) atoms. The predicted octanol–water partition coefficient (Wildman–Crippen LogP) is 2.48. The van der Waals surface area contributed by atoms with Crippen LogP contribution in [-0.4, -0.2) is 43.7 Å². The lowest BCUT2D eigenvalue weighted by molar-refractivity contribution is 0.209. The summed E-state index contributed by atoms with van der Waals surface area (Å²) in [5.74, 6) is 0. The van der Waals surface area contributed by atoms with Gasteiger partial charge in [0.05, 0.1) is 0 Å². The van der Waals surface area contributed by atoms with Gasteiger partial charge < -0.3 is 10.6 Å². The summed E-state index contributed by atoms with van der Waals surface area (Å²) >= 11 is 3.55. The summed E-state index contributed by atoms with van der Waals surface area (Å²) in [5, 5.41) is 0. The monoisotopic (exact) mass is 325 g/mol. The molecule has 3 nitrogen and oxygen atoms in total. The van der Waals surface area contributed by atoms with Gasteiger partial charge in [-0.1, -0.05) is 15.9 Å². The fourth-order valence-corrected chi connectivity index (χ4v) is 3.11. The molecule has 0 aliphatic carbocycles. The lowest BCUT2D eigenvalue weighted by atomic mass is 10.1. The van der Waals surface area contributed by atoms with Crippen molar-refractivity contribution in [2.45, 2.75) is 26.3 Å². The van der Waals surface area contributed by atoms with Crippen molar-refractivity contribution in [2.75, 3.05) is 37.6 Å². The molecule has 1 aromatic rings. The summed E-state index contributed by atoms with van der Waals surface area (Å²) in [6.07, 6.45) is 0.944. The number of anilines is 1. The third-order valence-corrected chi connectivity index (χ3v) is 4.33. The molecule has 106 valence electrons. The Morgan fingerprint density at radius 2 is 1.89 bits per heavy atom. The molecule has 0 aromatic heterocycles. The number of halogens is 1. The van der Waals surface area contributed by atoms with E-state index >= 15 is 0 Å². The SMILES string of the molecule is CC(C)N1CCN(c2ccc(Br)cc2CCN)CC1. The second kappa shape index (κ2) is 6.73. The minimum Gasteiger partial charge on any atom is -0.369 e. The molecule has 2 rings (SSSR count). The molecule has 1 saturated heterocycles. The second-order valence-electron chi connectivity index (χ2n) is 5.43. The molecule has 1 aliphatic rings. The number of piperazine rings is 1. The maximum atomic E-state index is 5.73. The van der Waals surface area contributed by atoms with Crippen molar-refractivity contribution >= 4 is 21.6 Å². The van der Waals surface area contributed by atoms with E-state index in [9.17, 15) is 0 Å². The number of benzene rings is 1. The van der Waals surface area contributed by atoms with Crippen LogP contribution in [0.1, 0.15) is 19.4 Å². The summed E-state index contributed by atoms with van der Waals surface area (Å²) in [7, 11) is 0. The van der Waals surface area contributed by atoms with Crippen LogP contribution in [0.3, 0.4) is 0 Å². The van der Waals surface area contributed by atoms with E-state index in [0.29, 0.717) is 12.6 Å². The van der Waals surface area contributed by atoms with Crippen LogP contribution < -0.4 is 10.6 Å². The highest BCUT2D eigenvalue weighted by Crippen LogP contribution is 2.26. The van der Waals surface area contributed by atoms with Crippen LogP contribution in [0.15, 0.2) is 22.7 Å². The quantitative estimate of drug-likeness (QED) is 0.923. The van der Waals surface area contributed by atoms with Crippen molar-refractivity contribution in [3.63, 3.8) is 0 Å². The Morgan fingerprint density at radius 1 is 1.21 bits per heavy atom. The zero-order valence-electron chi connectivity index (χ0n) is 11.9. The van der Waals surface area contributed by atoms with Gasteiger partial charge in [-0.2, -0.15) is 0 Å². The smallest absolute Gasteiger partial charge is 0.0400 e. The lowest BCUT2D eigenvalue weighted by Crippen LogP contribution is -2.49. The number of rotatable bonds is 4. The van der Waals surface area contributed by atoms with Crippen LogP contribution in [0.25, 0.3) is 0 Å². The van der Waals surface area contributed by atoms with Crippen molar-refractivity contribution in [3.8, 4) is 0 Å². The van der Waals surface area contributed by atoms with Gasteiger partial charge in [-0.15, -0.1) is 0 Å². The largest absolute Gasteiger partial charge is 0.369 e. The Labute approximate surface area is 124 Å². The standard InChI is InChI=1S/C15H24BrN3/c1-12(2)18-7-9-19(10-8-18)15-4-3-14(16)11-13(15)5-6-17/h3-4,11-12H,5-10,17H2,1-2H3. The van der Waals surface area contributed by atoms with E-state index in [0.717, 1.165) is 37.1 Å². The zero-order chi connectivity index (χ0) is 13.8. The predicted molar refractivity (Wildman–Crippen MR) is 85.8 cm³/mol. The molecule has 1 aliphatic heterocycles. The van der Waals surface area contributed by atoms with Crippen LogP contribution >= 0.6 is 15.9 Å². The molecule has 1 aromatic carbocycles. The fourth-order valence-electron chi connectivity index (χ4n) is 2.70. The third kappa shape index (κ3) is 3.71. The lowest BCUT2D eigenvalue weighted by Gasteiger charge is -2.39. The number of hydrogen-bond acceptors (Lipinski definition) is 3. The number of nitrogens with zero attached hydrogens (tertiary/aromatic N) is 2.